The molecule has 1 aliphatic rings. The lowest BCUT2D eigenvalue weighted by molar-refractivity contribution is 0.280. The first-order valence-electron chi connectivity index (χ1n) is 5.65. The fraction of sp³-hybridized carbons (Fsp3) is 0.909. The minimum atomic E-state index is 0.145. The maximum absolute atomic E-state index is 8.62. The highest BCUT2D eigenvalue weighted by molar-refractivity contribution is 6.20. The van der Waals surface area contributed by atoms with Gasteiger partial charge in [0.15, 0.2) is 0 Å². The van der Waals surface area contributed by atoms with Gasteiger partial charge in [0.1, 0.15) is 0 Å². The Bertz CT molecular complexity index is 143. The molecule has 1 rings (SSSR count). The summed E-state index contributed by atoms with van der Waals surface area (Å²) in [6.45, 7) is 2.43. The lowest BCUT2D eigenvalue weighted by Crippen LogP contribution is -2.30. The molecule has 0 aliphatic carbocycles. The molecular formula is C11H21ClNO. The summed E-state index contributed by atoms with van der Waals surface area (Å²) in [6.07, 6.45) is 8.18. The van der Waals surface area contributed by atoms with E-state index in [2.05, 4.69) is 11.9 Å². The van der Waals surface area contributed by atoms with Crippen LogP contribution in [0.25, 0.3) is 0 Å². The summed E-state index contributed by atoms with van der Waals surface area (Å²) in [5, 5.41) is 11.7. The average Bonchev–Trinajstić information content (AvgIpc) is 2.18. The first kappa shape index (κ1) is 12.3. The van der Waals surface area contributed by atoms with Gasteiger partial charge >= 0.3 is 0 Å². The third-order valence-electron chi connectivity index (χ3n) is 2.81. The van der Waals surface area contributed by atoms with Crippen LogP contribution >= 0.6 is 11.6 Å². The molecule has 2 unspecified atom stereocenters. The molecule has 1 saturated heterocycles. The second-order valence-corrected chi connectivity index (χ2v) is 4.63. The van der Waals surface area contributed by atoms with Crippen molar-refractivity contribution >= 4 is 11.6 Å². The smallest absolute Gasteiger partial charge is 0.0830 e. The number of unbranched alkanes of at least 4 members (excludes halogenated alkanes) is 3. The molecule has 3 heteroatoms. The Hall–Kier alpha value is 0.210. The predicted molar refractivity (Wildman–Crippen MR) is 60.0 cm³/mol. The molecular weight excluding hydrogens is 198 g/mol. The van der Waals surface area contributed by atoms with Gasteiger partial charge in [-0.2, -0.15) is 0 Å². The number of piperidine rings is 1. The third kappa shape index (κ3) is 5.18. The van der Waals surface area contributed by atoms with Gasteiger partial charge in [0.25, 0.3) is 0 Å². The second-order valence-electron chi connectivity index (χ2n) is 4.10. The van der Waals surface area contributed by atoms with Crippen molar-refractivity contribution in [3.05, 3.63) is 6.54 Å². The van der Waals surface area contributed by atoms with Crippen LogP contribution in [0.2, 0.25) is 0 Å². The van der Waals surface area contributed by atoms with Crippen molar-refractivity contribution in [3.63, 3.8) is 0 Å². The number of aliphatic hydroxyl groups is 1. The van der Waals surface area contributed by atoms with E-state index in [1.54, 1.807) is 0 Å². The van der Waals surface area contributed by atoms with E-state index in [1.807, 2.05) is 0 Å². The average molecular weight is 219 g/mol. The fourth-order valence-electron chi connectivity index (χ4n) is 1.95. The van der Waals surface area contributed by atoms with E-state index in [4.69, 9.17) is 16.7 Å². The first-order chi connectivity index (χ1) is 6.83. The molecule has 14 heavy (non-hydrogen) atoms. The van der Waals surface area contributed by atoms with Crippen LogP contribution < -0.4 is 5.32 Å². The standard InChI is InChI=1S/C11H21ClNO/c12-11-9-10(6-7-13-11)5-3-1-2-4-8-14/h7,10-11,13-14H,1-6,8-9H2. The quantitative estimate of drug-likeness (QED) is 0.408. The lowest BCUT2D eigenvalue weighted by Gasteiger charge is -2.26. The molecule has 2 atom stereocenters. The first-order valence-corrected chi connectivity index (χ1v) is 6.09. The molecule has 0 spiro atoms. The number of halogens is 1. The van der Waals surface area contributed by atoms with Gasteiger partial charge in [-0.05, 0) is 25.2 Å². The van der Waals surface area contributed by atoms with Gasteiger partial charge in [-0.25, -0.2) is 0 Å². The third-order valence-corrected chi connectivity index (χ3v) is 3.11. The minimum absolute atomic E-state index is 0.145. The highest BCUT2D eigenvalue weighted by atomic mass is 35.5. The van der Waals surface area contributed by atoms with Crippen molar-refractivity contribution < 1.29 is 5.11 Å². The number of hydrogen-bond acceptors (Lipinski definition) is 2. The van der Waals surface area contributed by atoms with Crippen LogP contribution in [0.15, 0.2) is 0 Å². The van der Waals surface area contributed by atoms with Crippen LogP contribution in [0.1, 0.15) is 44.9 Å². The Morgan fingerprint density at radius 2 is 2.07 bits per heavy atom. The zero-order valence-corrected chi connectivity index (χ0v) is 9.47. The van der Waals surface area contributed by atoms with Crippen LogP contribution in [0.4, 0.5) is 0 Å². The number of hydrogen-bond donors (Lipinski definition) is 2. The Morgan fingerprint density at radius 3 is 2.79 bits per heavy atom. The van der Waals surface area contributed by atoms with E-state index in [9.17, 15) is 0 Å². The van der Waals surface area contributed by atoms with Crippen LogP contribution in [0.5, 0.6) is 0 Å². The van der Waals surface area contributed by atoms with E-state index < -0.39 is 0 Å². The molecule has 1 heterocycles. The number of rotatable bonds is 6. The molecule has 1 aliphatic heterocycles. The minimum Gasteiger partial charge on any atom is -0.396 e. The number of nitrogens with one attached hydrogen (secondary N) is 1. The van der Waals surface area contributed by atoms with Gasteiger partial charge in [0.05, 0.1) is 5.50 Å². The van der Waals surface area contributed by atoms with Gasteiger partial charge in [-0.15, -0.1) is 11.6 Å². The number of aliphatic hydroxyl groups excluding tert-OH is 1. The van der Waals surface area contributed by atoms with E-state index >= 15 is 0 Å². The van der Waals surface area contributed by atoms with Gasteiger partial charge in [-0.3, -0.25) is 5.32 Å². The van der Waals surface area contributed by atoms with Crippen LogP contribution in [-0.2, 0) is 0 Å². The predicted octanol–water partition coefficient (Wildman–Crippen LogP) is 2.66. The molecule has 2 nitrogen and oxygen atoms in total. The summed E-state index contributed by atoms with van der Waals surface area (Å²) in [5.74, 6) is 0.771. The van der Waals surface area contributed by atoms with Crippen molar-refractivity contribution in [1.82, 2.24) is 5.32 Å². The Kier molecular flexibility index (Phi) is 6.57. The normalized spacial score (nSPS) is 27.9. The largest absolute Gasteiger partial charge is 0.396 e. The molecule has 1 radical (unpaired) electrons. The highest BCUT2D eigenvalue weighted by Gasteiger charge is 2.18. The highest BCUT2D eigenvalue weighted by Crippen LogP contribution is 2.25. The van der Waals surface area contributed by atoms with Gasteiger partial charge in [0.2, 0.25) is 0 Å². The van der Waals surface area contributed by atoms with Gasteiger partial charge < -0.3 is 5.11 Å². The summed E-state index contributed by atoms with van der Waals surface area (Å²) >= 11 is 6.00. The molecule has 0 aromatic heterocycles. The zero-order chi connectivity index (χ0) is 10.2. The summed E-state index contributed by atoms with van der Waals surface area (Å²) in [7, 11) is 0. The van der Waals surface area contributed by atoms with Crippen molar-refractivity contribution in [2.75, 3.05) is 6.61 Å². The Labute approximate surface area is 92.0 Å². The monoisotopic (exact) mass is 218 g/mol. The molecule has 0 aromatic carbocycles. The zero-order valence-electron chi connectivity index (χ0n) is 8.71. The Morgan fingerprint density at radius 1 is 1.29 bits per heavy atom. The Balaban J connectivity index is 1.95. The molecule has 1 fully saturated rings. The molecule has 2 N–H and O–H groups in total. The fourth-order valence-corrected chi connectivity index (χ4v) is 2.29. The summed E-state index contributed by atoms with van der Waals surface area (Å²) in [4.78, 5) is 0. The molecule has 0 amide bonds. The van der Waals surface area contributed by atoms with E-state index in [-0.39, 0.29) is 5.50 Å². The summed E-state index contributed by atoms with van der Waals surface area (Å²) < 4.78 is 0. The van der Waals surface area contributed by atoms with E-state index in [0.717, 1.165) is 31.6 Å². The van der Waals surface area contributed by atoms with E-state index in [0.29, 0.717) is 6.61 Å². The van der Waals surface area contributed by atoms with Crippen LogP contribution in [-0.4, -0.2) is 17.2 Å². The molecule has 0 saturated carbocycles. The SMILES string of the molecule is OCCCCCCC1C[CH]NC(Cl)C1. The second kappa shape index (κ2) is 7.49. The van der Waals surface area contributed by atoms with Crippen LogP contribution in [0.3, 0.4) is 0 Å². The van der Waals surface area contributed by atoms with Crippen LogP contribution in [0, 0.1) is 12.5 Å². The molecule has 0 aromatic rings. The summed E-state index contributed by atoms with van der Waals surface area (Å²) in [5.41, 5.74) is 0.145. The van der Waals surface area contributed by atoms with Crippen molar-refractivity contribution in [2.45, 2.75) is 50.4 Å². The molecule has 83 valence electrons. The van der Waals surface area contributed by atoms with Crippen molar-refractivity contribution in [2.24, 2.45) is 5.92 Å². The van der Waals surface area contributed by atoms with E-state index in [1.165, 1.54) is 19.3 Å². The topological polar surface area (TPSA) is 32.3 Å². The maximum Gasteiger partial charge on any atom is 0.0830 e. The van der Waals surface area contributed by atoms with Crippen molar-refractivity contribution in [1.29, 1.82) is 0 Å². The maximum atomic E-state index is 8.62. The van der Waals surface area contributed by atoms with Crippen molar-refractivity contribution in [3.8, 4) is 0 Å². The summed E-state index contributed by atoms with van der Waals surface area (Å²) in [6, 6.07) is 0. The van der Waals surface area contributed by atoms with Gasteiger partial charge in [-0.1, -0.05) is 25.7 Å². The van der Waals surface area contributed by atoms with Gasteiger partial charge in [0, 0.05) is 13.2 Å². The number of alkyl halides is 1. The lowest BCUT2D eigenvalue weighted by atomic mass is 9.92. The molecule has 0 bridgehead atoms.